The fourth-order valence-electron chi connectivity index (χ4n) is 11.1. The summed E-state index contributed by atoms with van der Waals surface area (Å²) in [5.41, 5.74) is 5.94. The topological polar surface area (TPSA) is 26.3 Å². The lowest BCUT2D eigenvalue weighted by molar-refractivity contribution is -0.151. The molecule has 0 spiro atoms. The predicted octanol–water partition coefficient (Wildman–Crippen LogP) is 12.9. The van der Waals surface area contributed by atoms with Crippen molar-refractivity contribution in [2.45, 2.75) is 124 Å². The molecule has 8 atom stereocenters. The molecule has 3 fully saturated rings. The fourth-order valence-corrected chi connectivity index (χ4v) is 11.1. The number of carbonyl (C=O) groups excluding carboxylic acids is 1. The van der Waals surface area contributed by atoms with Crippen LogP contribution in [0.3, 0.4) is 0 Å². The minimum atomic E-state index is -0.0464. The minimum absolute atomic E-state index is 0.0341. The molecule has 0 amide bonds. The molecule has 4 unspecified atom stereocenters. The maximum absolute atomic E-state index is 13.1. The molecule has 2 heteroatoms. The second-order valence-electron chi connectivity index (χ2n) is 17.4. The van der Waals surface area contributed by atoms with E-state index in [2.05, 4.69) is 101 Å². The van der Waals surface area contributed by atoms with Gasteiger partial charge in [-0.1, -0.05) is 157 Å². The number of aryl methyl sites for hydroxylation is 1. The third kappa shape index (κ3) is 8.49. The van der Waals surface area contributed by atoms with Crippen LogP contribution in [-0.2, 0) is 16.0 Å². The zero-order valence-corrected chi connectivity index (χ0v) is 31.8. The van der Waals surface area contributed by atoms with Crippen LogP contribution in [0.4, 0.5) is 0 Å². The minimum Gasteiger partial charge on any atom is -0.462 e. The molecule has 2 aromatic carbocycles. The van der Waals surface area contributed by atoms with E-state index in [1.807, 2.05) is 30.4 Å². The fraction of sp³-hybridized carbons (Fsp3) is 0.562. The van der Waals surface area contributed by atoms with E-state index in [1.165, 1.54) is 68.9 Å². The van der Waals surface area contributed by atoms with Crippen molar-refractivity contribution < 1.29 is 9.53 Å². The van der Waals surface area contributed by atoms with Gasteiger partial charge in [0.1, 0.15) is 6.10 Å². The lowest BCUT2D eigenvalue weighted by atomic mass is 9.47. The van der Waals surface area contributed by atoms with Gasteiger partial charge >= 0.3 is 5.97 Å². The van der Waals surface area contributed by atoms with Crippen LogP contribution >= 0.6 is 0 Å². The van der Waals surface area contributed by atoms with Crippen LogP contribution in [0.15, 0.2) is 90.6 Å². The molecule has 3 saturated carbocycles. The predicted molar refractivity (Wildman–Crippen MR) is 211 cm³/mol. The zero-order chi connectivity index (χ0) is 35.1. The molecule has 0 saturated heterocycles. The first kappa shape index (κ1) is 36.7. The quantitative estimate of drug-likeness (QED) is 0.120. The number of rotatable bonds is 13. The summed E-state index contributed by atoms with van der Waals surface area (Å²) in [6.45, 7) is 12.6. The van der Waals surface area contributed by atoms with Crippen LogP contribution in [-0.4, -0.2) is 12.1 Å². The molecule has 4 aliphatic rings. The van der Waals surface area contributed by atoms with Crippen molar-refractivity contribution in [2.24, 2.45) is 46.3 Å². The first-order valence-corrected chi connectivity index (χ1v) is 20.2. The molecule has 4 aliphatic carbocycles. The molecule has 6 rings (SSSR count). The molecule has 0 radical (unpaired) electrons. The first-order valence-electron chi connectivity index (χ1n) is 20.2. The number of esters is 1. The van der Waals surface area contributed by atoms with Gasteiger partial charge < -0.3 is 4.74 Å². The van der Waals surface area contributed by atoms with Crippen LogP contribution in [0.5, 0.6) is 0 Å². The van der Waals surface area contributed by atoms with Crippen molar-refractivity contribution in [3.63, 3.8) is 0 Å². The average molecular weight is 673 g/mol. The Hall–Kier alpha value is -3.13. The Bertz CT molecular complexity index is 1540. The second kappa shape index (κ2) is 16.5. The number of hydrogen-bond donors (Lipinski definition) is 0. The highest BCUT2D eigenvalue weighted by Crippen LogP contribution is 2.67. The van der Waals surface area contributed by atoms with Gasteiger partial charge in [0.15, 0.2) is 0 Å². The first-order chi connectivity index (χ1) is 24.2. The standard InChI is InChI=1S/C48H64O2/c1-35(2)15-13-16-36(3)43-26-27-44-42-25-24-40-34-41(29-31-47(40,4)45(42)30-32-48(43,44)5)50-46(49)28-23-39-22-14-21-38(33-39)20-10-7-6-9-17-37-18-11-8-12-19-37/h6-12,14,17-22,24,33,35-36,41-45H,13,15-16,23,25-32,34H2,1-5H3/t36-,41?,42?,43-,44?,45?,47+,48-/m1/s1. The molecular formula is C48H64O2. The highest BCUT2D eigenvalue weighted by atomic mass is 16.5. The normalized spacial score (nSPS) is 31.5. The lowest BCUT2D eigenvalue weighted by Gasteiger charge is -2.58. The van der Waals surface area contributed by atoms with Crippen molar-refractivity contribution in [1.29, 1.82) is 0 Å². The summed E-state index contributed by atoms with van der Waals surface area (Å²) in [5, 5.41) is 0. The highest BCUT2D eigenvalue weighted by Gasteiger charge is 2.59. The van der Waals surface area contributed by atoms with Gasteiger partial charge in [-0.15, -0.1) is 0 Å². The maximum atomic E-state index is 13.1. The molecule has 0 aromatic heterocycles. The van der Waals surface area contributed by atoms with E-state index in [1.54, 1.807) is 5.57 Å². The van der Waals surface area contributed by atoms with E-state index in [0.29, 0.717) is 18.3 Å². The van der Waals surface area contributed by atoms with E-state index in [-0.39, 0.29) is 17.5 Å². The molecule has 2 aromatic rings. The number of ether oxygens (including phenoxy) is 1. The summed E-state index contributed by atoms with van der Waals surface area (Å²) in [5.74, 6) is 5.07. The molecule has 0 bridgehead atoms. The van der Waals surface area contributed by atoms with Crippen molar-refractivity contribution in [3.8, 4) is 0 Å². The summed E-state index contributed by atoms with van der Waals surface area (Å²) in [6.07, 6.45) is 30.5. The van der Waals surface area contributed by atoms with Crippen LogP contribution in [0.1, 0.15) is 128 Å². The van der Waals surface area contributed by atoms with Gasteiger partial charge in [0.2, 0.25) is 0 Å². The third-order valence-electron chi connectivity index (χ3n) is 13.8. The number of fused-ring (bicyclic) bond motifs is 5. The Morgan fingerprint density at radius 2 is 1.60 bits per heavy atom. The van der Waals surface area contributed by atoms with Gasteiger partial charge in [0.05, 0.1) is 0 Å². The van der Waals surface area contributed by atoms with Gasteiger partial charge in [-0.2, -0.15) is 0 Å². The maximum Gasteiger partial charge on any atom is 0.306 e. The number of carbonyl (C=O) groups is 1. The molecular weight excluding hydrogens is 609 g/mol. The Morgan fingerprint density at radius 3 is 2.38 bits per heavy atom. The number of hydrogen-bond acceptors (Lipinski definition) is 2. The lowest BCUT2D eigenvalue weighted by Crippen LogP contribution is -2.51. The van der Waals surface area contributed by atoms with E-state index in [0.717, 1.165) is 53.9 Å². The van der Waals surface area contributed by atoms with Gasteiger partial charge in [-0.25, -0.2) is 0 Å². The summed E-state index contributed by atoms with van der Waals surface area (Å²) in [7, 11) is 0. The van der Waals surface area contributed by atoms with Crippen molar-refractivity contribution in [2.75, 3.05) is 0 Å². The smallest absolute Gasteiger partial charge is 0.306 e. The average Bonchev–Trinajstić information content (AvgIpc) is 3.47. The van der Waals surface area contributed by atoms with Crippen LogP contribution in [0.25, 0.3) is 12.2 Å². The monoisotopic (exact) mass is 672 g/mol. The summed E-state index contributed by atoms with van der Waals surface area (Å²) in [6, 6.07) is 18.8. The third-order valence-corrected chi connectivity index (χ3v) is 13.8. The van der Waals surface area contributed by atoms with Crippen molar-refractivity contribution >= 4 is 18.1 Å². The van der Waals surface area contributed by atoms with Crippen LogP contribution in [0.2, 0.25) is 0 Å². The summed E-state index contributed by atoms with van der Waals surface area (Å²) >= 11 is 0. The summed E-state index contributed by atoms with van der Waals surface area (Å²) < 4.78 is 6.17. The van der Waals surface area contributed by atoms with Crippen LogP contribution < -0.4 is 0 Å². The molecule has 268 valence electrons. The van der Waals surface area contributed by atoms with E-state index >= 15 is 0 Å². The largest absolute Gasteiger partial charge is 0.462 e. The van der Waals surface area contributed by atoms with Gasteiger partial charge in [-0.3, -0.25) is 4.79 Å². The molecule has 0 N–H and O–H groups in total. The molecule has 0 aliphatic heterocycles. The van der Waals surface area contributed by atoms with E-state index < -0.39 is 0 Å². The van der Waals surface area contributed by atoms with E-state index in [4.69, 9.17) is 4.74 Å². The Balaban J connectivity index is 0.979. The molecule has 2 nitrogen and oxygen atoms in total. The number of allylic oxidation sites excluding steroid dienone is 5. The highest BCUT2D eigenvalue weighted by molar-refractivity contribution is 5.70. The van der Waals surface area contributed by atoms with Gasteiger partial charge in [0.25, 0.3) is 0 Å². The van der Waals surface area contributed by atoms with E-state index in [9.17, 15) is 4.79 Å². The zero-order valence-electron chi connectivity index (χ0n) is 31.8. The Kier molecular flexibility index (Phi) is 12.1. The number of benzene rings is 2. The van der Waals surface area contributed by atoms with Crippen molar-refractivity contribution in [3.05, 3.63) is 107 Å². The summed E-state index contributed by atoms with van der Waals surface area (Å²) in [4.78, 5) is 13.1. The Morgan fingerprint density at radius 1 is 0.840 bits per heavy atom. The van der Waals surface area contributed by atoms with Crippen LogP contribution in [0, 0.1) is 46.3 Å². The van der Waals surface area contributed by atoms with Crippen molar-refractivity contribution in [1.82, 2.24) is 0 Å². The molecule has 50 heavy (non-hydrogen) atoms. The Labute approximate surface area is 304 Å². The molecule has 0 heterocycles. The van der Waals surface area contributed by atoms with Gasteiger partial charge in [-0.05, 0) is 114 Å². The second-order valence-corrected chi connectivity index (χ2v) is 17.4. The SMILES string of the molecule is CC(C)CCC[C@@H](C)[C@H]1CCC2C3CC=C4CC(OC(=O)CCc5cccc(C=CC=CC=Cc6ccccc6)c5)CC[C@]4(C)C3CC[C@@]21C. The van der Waals surface area contributed by atoms with Gasteiger partial charge in [0, 0.05) is 12.8 Å².